The van der Waals surface area contributed by atoms with Crippen LogP contribution in [-0.4, -0.2) is 11.7 Å². The van der Waals surface area contributed by atoms with Gasteiger partial charge in [0.15, 0.2) is 0 Å². The lowest BCUT2D eigenvalue weighted by atomic mass is 10.3. The summed E-state index contributed by atoms with van der Waals surface area (Å²) in [6.45, 7) is -0.0952. The van der Waals surface area contributed by atoms with Crippen LogP contribution in [0, 0.1) is 18.3 Å². The third-order valence-corrected chi connectivity index (χ3v) is 1.44. The molecule has 2 atom stereocenters. The number of aliphatic hydroxyl groups is 1. The fraction of sp³-hybridized carbons (Fsp3) is 0.800. The minimum absolute atomic E-state index is 0.0952. The smallest absolute Gasteiger partial charge is 0.313 e. The molecule has 1 fully saturated rings. The lowest BCUT2D eigenvalue weighted by Gasteiger charge is -1.88. The summed E-state index contributed by atoms with van der Waals surface area (Å²) in [5.74, 6) is -0.722. The first-order chi connectivity index (χ1) is 3.75. The molecule has 0 aromatic carbocycles. The Morgan fingerprint density at radius 1 is 1.62 bits per heavy atom. The van der Waals surface area contributed by atoms with E-state index in [2.05, 4.69) is 0 Å². The Morgan fingerprint density at radius 2 is 2.25 bits per heavy atom. The van der Waals surface area contributed by atoms with Crippen molar-refractivity contribution in [3.05, 3.63) is 6.43 Å². The maximum atomic E-state index is 11.5. The molecule has 1 aliphatic rings. The highest BCUT2D eigenvalue weighted by molar-refractivity contribution is 4.95. The van der Waals surface area contributed by atoms with E-state index in [1.165, 1.54) is 0 Å². The standard InChI is InChI=1S/C5H7F2O/c6-5(7)4-1-3(4)2-8/h3-4,8H,1-2H2. The lowest BCUT2D eigenvalue weighted by molar-refractivity contribution is 0.219. The number of hydrogen-bond donors (Lipinski definition) is 1. The second kappa shape index (κ2) is 1.97. The van der Waals surface area contributed by atoms with Gasteiger partial charge in [-0.05, 0) is 12.3 Å². The molecule has 1 N–H and O–H groups in total. The van der Waals surface area contributed by atoms with Crippen molar-refractivity contribution in [1.29, 1.82) is 0 Å². The molecular formula is C5H7F2O. The molecule has 1 saturated carbocycles. The third-order valence-electron chi connectivity index (χ3n) is 1.44. The van der Waals surface area contributed by atoms with Crippen LogP contribution < -0.4 is 0 Å². The summed E-state index contributed by atoms with van der Waals surface area (Å²) in [6, 6.07) is 0. The summed E-state index contributed by atoms with van der Waals surface area (Å²) in [5.41, 5.74) is 0. The largest absolute Gasteiger partial charge is 0.396 e. The molecule has 0 heterocycles. The maximum absolute atomic E-state index is 11.5. The third kappa shape index (κ3) is 0.968. The maximum Gasteiger partial charge on any atom is 0.313 e. The van der Waals surface area contributed by atoms with E-state index in [4.69, 9.17) is 5.11 Å². The van der Waals surface area contributed by atoms with Gasteiger partial charge < -0.3 is 5.11 Å². The van der Waals surface area contributed by atoms with Crippen molar-refractivity contribution in [2.75, 3.05) is 6.61 Å². The molecule has 0 saturated heterocycles. The molecule has 1 nitrogen and oxygen atoms in total. The minimum Gasteiger partial charge on any atom is -0.396 e. The van der Waals surface area contributed by atoms with Crippen molar-refractivity contribution in [2.45, 2.75) is 6.42 Å². The zero-order valence-electron chi connectivity index (χ0n) is 4.27. The zero-order valence-corrected chi connectivity index (χ0v) is 4.27. The van der Waals surface area contributed by atoms with Gasteiger partial charge in [0.2, 0.25) is 0 Å². The summed E-state index contributed by atoms with van der Waals surface area (Å²) in [4.78, 5) is 0. The van der Waals surface area contributed by atoms with Crippen LogP contribution in [0.2, 0.25) is 0 Å². The Kier molecular flexibility index (Phi) is 1.47. The molecule has 0 aromatic heterocycles. The monoisotopic (exact) mass is 121 g/mol. The van der Waals surface area contributed by atoms with Gasteiger partial charge in [-0.15, -0.1) is 0 Å². The molecule has 0 aromatic rings. The quantitative estimate of drug-likeness (QED) is 0.578. The highest BCUT2D eigenvalue weighted by atomic mass is 19.3. The van der Waals surface area contributed by atoms with E-state index in [1.807, 2.05) is 0 Å². The Hall–Kier alpha value is -0.180. The van der Waals surface area contributed by atoms with Gasteiger partial charge in [-0.3, -0.25) is 0 Å². The van der Waals surface area contributed by atoms with Crippen molar-refractivity contribution in [3.63, 3.8) is 0 Å². The number of rotatable bonds is 2. The molecule has 2 unspecified atom stereocenters. The Balaban J connectivity index is 2.16. The highest BCUT2D eigenvalue weighted by Gasteiger charge is 2.44. The summed E-state index contributed by atoms with van der Waals surface area (Å²) in [6.07, 6.45) is -1.05. The van der Waals surface area contributed by atoms with Crippen LogP contribution >= 0.6 is 0 Å². The van der Waals surface area contributed by atoms with Crippen LogP contribution in [-0.2, 0) is 0 Å². The Morgan fingerprint density at radius 3 is 2.38 bits per heavy atom. The van der Waals surface area contributed by atoms with Crippen LogP contribution in [0.3, 0.4) is 0 Å². The lowest BCUT2D eigenvalue weighted by Crippen LogP contribution is -1.90. The van der Waals surface area contributed by atoms with Gasteiger partial charge in [-0.1, -0.05) is 0 Å². The Labute approximate surface area is 46.3 Å². The van der Waals surface area contributed by atoms with E-state index in [0.29, 0.717) is 6.42 Å². The average molecular weight is 121 g/mol. The molecule has 3 heteroatoms. The summed E-state index contributed by atoms with van der Waals surface area (Å²) in [5, 5.41) is 8.28. The van der Waals surface area contributed by atoms with E-state index < -0.39 is 12.3 Å². The van der Waals surface area contributed by atoms with E-state index in [-0.39, 0.29) is 12.5 Å². The van der Waals surface area contributed by atoms with E-state index in [1.54, 1.807) is 0 Å². The van der Waals surface area contributed by atoms with Crippen LogP contribution in [0.4, 0.5) is 8.78 Å². The van der Waals surface area contributed by atoms with Gasteiger partial charge >= 0.3 is 6.43 Å². The SMILES string of the molecule is OCC1CC1[C](F)F. The molecule has 0 spiro atoms. The first-order valence-corrected chi connectivity index (χ1v) is 2.54. The molecule has 1 radical (unpaired) electrons. The first-order valence-electron chi connectivity index (χ1n) is 2.54. The van der Waals surface area contributed by atoms with Crippen LogP contribution in [0.1, 0.15) is 6.42 Å². The van der Waals surface area contributed by atoms with E-state index >= 15 is 0 Å². The molecule has 0 aliphatic heterocycles. The molecule has 0 bridgehead atoms. The summed E-state index contributed by atoms with van der Waals surface area (Å²) >= 11 is 0. The van der Waals surface area contributed by atoms with Crippen molar-refractivity contribution in [2.24, 2.45) is 11.8 Å². The molecule has 47 valence electrons. The van der Waals surface area contributed by atoms with Gasteiger partial charge in [-0.2, -0.15) is 8.78 Å². The van der Waals surface area contributed by atoms with Gasteiger partial charge in [0.25, 0.3) is 0 Å². The predicted molar refractivity (Wildman–Crippen MR) is 24.1 cm³/mol. The molecule has 0 amide bonds. The average Bonchev–Trinajstić information content (AvgIpc) is 2.42. The second-order valence-electron chi connectivity index (χ2n) is 2.07. The normalized spacial score (nSPS) is 36.0. The van der Waals surface area contributed by atoms with E-state index in [0.717, 1.165) is 0 Å². The van der Waals surface area contributed by atoms with Gasteiger partial charge in [0, 0.05) is 12.5 Å². The van der Waals surface area contributed by atoms with Crippen LogP contribution in [0.15, 0.2) is 0 Å². The second-order valence-corrected chi connectivity index (χ2v) is 2.07. The zero-order chi connectivity index (χ0) is 6.15. The van der Waals surface area contributed by atoms with Crippen molar-refractivity contribution in [3.8, 4) is 0 Å². The van der Waals surface area contributed by atoms with Crippen molar-refractivity contribution in [1.82, 2.24) is 0 Å². The minimum atomic E-state index is -1.52. The Bertz CT molecular complexity index is 84.5. The van der Waals surface area contributed by atoms with Gasteiger partial charge in [0.05, 0.1) is 0 Å². The molecular weight excluding hydrogens is 114 g/mol. The highest BCUT2D eigenvalue weighted by Crippen LogP contribution is 2.46. The number of hydrogen-bond acceptors (Lipinski definition) is 1. The van der Waals surface area contributed by atoms with Crippen molar-refractivity contribution < 1.29 is 13.9 Å². The number of aliphatic hydroxyl groups excluding tert-OH is 1. The topological polar surface area (TPSA) is 20.2 Å². The molecule has 1 aliphatic carbocycles. The van der Waals surface area contributed by atoms with Gasteiger partial charge in [-0.25, -0.2) is 0 Å². The molecule has 1 rings (SSSR count). The van der Waals surface area contributed by atoms with Crippen LogP contribution in [0.25, 0.3) is 0 Å². The summed E-state index contributed by atoms with van der Waals surface area (Å²) in [7, 11) is 0. The van der Waals surface area contributed by atoms with Gasteiger partial charge in [0.1, 0.15) is 0 Å². The fourth-order valence-electron chi connectivity index (χ4n) is 0.717. The van der Waals surface area contributed by atoms with Crippen LogP contribution in [0.5, 0.6) is 0 Å². The predicted octanol–water partition coefficient (Wildman–Crippen LogP) is 1.04. The fourth-order valence-corrected chi connectivity index (χ4v) is 0.717. The van der Waals surface area contributed by atoms with Crippen molar-refractivity contribution >= 4 is 0 Å². The van der Waals surface area contributed by atoms with E-state index in [9.17, 15) is 8.78 Å². The first kappa shape index (κ1) is 5.95. The summed E-state index contributed by atoms with van der Waals surface area (Å²) < 4.78 is 22.9. The molecule has 8 heavy (non-hydrogen) atoms. The number of halogens is 2.